The van der Waals surface area contributed by atoms with Gasteiger partial charge in [0.05, 0.1) is 16.4 Å². The molecule has 1 aromatic carbocycles. The van der Waals surface area contributed by atoms with Crippen LogP contribution in [-0.4, -0.2) is 23.0 Å². The summed E-state index contributed by atoms with van der Waals surface area (Å²) in [4.78, 5) is 28.9. The van der Waals surface area contributed by atoms with Gasteiger partial charge in [-0.25, -0.2) is 9.78 Å². The van der Waals surface area contributed by atoms with Crippen LogP contribution in [0.1, 0.15) is 32.9 Å². The molecule has 2 rings (SSSR count). The Kier molecular flexibility index (Phi) is 5.54. The van der Waals surface area contributed by atoms with Crippen LogP contribution in [0.15, 0.2) is 22.7 Å². The molecule has 0 radical (unpaired) electrons. The largest absolute Gasteiger partial charge is 0.448 e. The minimum Gasteiger partial charge on any atom is -0.448 e. The van der Waals surface area contributed by atoms with Crippen molar-refractivity contribution in [3.8, 4) is 0 Å². The van der Waals surface area contributed by atoms with Crippen LogP contribution < -0.4 is 5.32 Å². The second kappa shape index (κ2) is 7.23. The number of amides is 1. The number of aromatic nitrogens is 1. The summed E-state index contributed by atoms with van der Waals surface area (Å²) in [6.45, 7) is 7.06. The lowest BCUT2D eigenvalue weighted by Crippen LogP contribution is -2.30. The van der Waals surface area contributed by atoms with Gasteiger partial charge in [0.25, 0.3) is 5.91 Å². The maximum Gasteiger partial charge on any atom is 0.351 e. The molecule has 1 heterocycles. The van der Waals surface area contributed by atoms with Crippen molar-refractivity contribution in [3.63, 3.8) is 0 Å². The lowest BCUT2D eigenvalue weighted by Gasteiger charge is -2.14. The second-order valence-corrected chi connectivity index (χ2v) is 7.23. The number of rotatable bonds is 4. The highest BCUT2D eigenvalue weighted by Gasteiger charge is 2.22. The van der Waals surface area contributed by atoms with Crippen molar-refractivity contribution < 1.29 is 14.3 Å². The highest BCUT2D eigenvalue weighted by atomic mass is 79.9. The van der Waals surface area contributed by atoms with Crippen LogP contribution in [0.3, 0.4) is 0 Å². The fourth-order valence-electron chi connectivity index (χ4n) is 1.94. The number of esters is 1. The Morgan fingerprint density at radius 3 is 2.57 bits per heavy atom. The Labute approximate surface area is 147 Å². The van der Waals surface area contributed by atoms with Gasteiger partial charge in [-0.1, -0.05) is 6.07 Å². The molecule has 5 nitrogen and oxygen atoms in total. The highest BCUT2D eigenvalue weighted by molar-refractivity contribution is 9.10. The number of carbonyl (C=O) groups is 2. The third-order valence-corrected chi connectivity index (χ3v) is 4.83. The van der Waals surface area contributed by atoms with E-state index in [1.165, 1.54) is 11.3 Å². The van der Waals surface area contributed by atoms with Gasteiger partial charge < -0.3 is 10.1 Å². The van der Waals surface area contributed by atoms with Crippen LogP contribution in [0.4, 0.5) is 5.69 Å². The molecule has 7 heteroatoms. The molecule has 1 aromatic heterocycles. The molecule has 0 saturated heterocycles. The van der Waals surface area contributed by atoms with Gasteiger partial charge in [0, 0.05) is 4.47 Å². The van der Waals surface area contributed by atoms with Gasteiger partial charge in [-0.2, -0.15) is 0 Å². The minimum absolute atomic E-state index is 0.387. The van der Waals surface area contributed by atoms with Crippen molar-refractivity contribution in [2.75, 3.05) is 5.32 Å². The smallest absolute Gasteiger partial charge is 0.351 e. The van der Waals surface area contributed by atoms with Gasteiger partial charge in [0.2, 0.25) is 0 Å². The molecule has 1 atom stereocenters. The molecule has 1 amide bonds. The number of halogens is 1. The summed E-state index contributed by atoms with van der Waals surface area (Å²) < 4.78 is 6.01. The molecular weight excluding hydrogens is 380 g/mol. The SMILES string of the molecule is Cc1ccc(NC(=O)[C@@H](C)OC(=O)c2sc(C)nc2C)c(Br)c1. The molecule has 0 aliphatic carbocycles. The number of thiazole rings is 1. The lowest BCUT2D eigenvalue weighted by atomic mass is 10.2. The molecule has 0 saturated carbocycles. The van der Waals surface area contributed by atoms with Gasteiger partial charge in [-0.05, 0) is 61.3 Å². The Balaban J connectivity index is 2.02. The maximum atomic E-state index is 12.2. The number of benzene rings is 1. The molecule has 2 aromatic rings. The van der Waals surface area contributed by atoms with E-state index in [4.69, 9.17) is 4.74 Å². The standard InChI is InChI=1S/C16H17BrN2O3S/c1-8-5-6-13(12(17)7-8)19-15(20)10(3)22-16(21)14-9(2)18-11(4)23-14/h5-7,10H,1-4H3,(H,19,20)/t10-/m1/s1. The van der Waals surface area contributed by atoms with E-state index in [1.54, 1.807) is 19.9 Å². The summed E-state index contributed by atoms with van der Waals surface area (Å²) in [6, 6.07) is 5.58. The van der Waals surface area contributed by atoms with Crippen molar-refractivity contribution in [2.45, 2.75) is 33.8 Å². The van der Waals surface area contributed by atoms with Crippen LogP contribution in [0.25, 0.3) is 0 Å². The Bertz CT molecular complexity index is 758. The normalized spacial score (nSPS) is 11.9. The van der Waals surface area contributed by atoms with Crippen molar-refractivity contribution in [3.05, 3.63) is 43.8 Å². The zero-order valence-corrected chi connectivity index (χ0v) is 15.7. The molecule has 0 bridgehead atoms. The Hall–Kier alpha value is -1.73. The quantitative estimate of drug-likeness (QED) is 0.792. The molecule has 122 valence electrons. The van der Waals surface area contributed by atoms with Crippen molar-refractivity contribution >= 4 is 44.8 Å². The number of nitrogens with one attached hydrogen (secondary N) is 1. The topological polar surface area (TPSA) is 68.3 Å². The van der Waals surface area contributed by atoms with Gasteiger partial charge in [0.15, 0.2) is 6.10 Å². The van der Waals surface area contributed by atoms with Crippen molar-refractivity contribution in [1.29, 1.82) is 0 Å². The molecule has 0 spiro atoms. The van der Waals surface area contributed by atoms with Gasteiger partial charge in [-0.3, -0.25) is 4.79 Å². The Morgan fingerprint density at radius 2 is 2.00 bits per heavy atom. The molecule has 23 heavy (non-hydrogen) atoms. The predicted molar refractivity (Wildman–Crippen MR) is 94.0 cm³/mol. The molecule has 0 fully saturated rings. The van der Waals surface area contributed by atoms with Gasteiger partial charge in [-0.15, -0.1) is 11.3 Å². The number of anilines is 1. The fraction of sp³-hybridized carbons (Fsp3) is 0.312. The first-order valence-corrected chi connectivity index (χ1v) is 8.61. The number of ether oxygens (including phenoxy) is 1. The van der Waals surface area contributed by atoms with E-state index in [0.29, 0.717) is 16.3 Å². The monoisotopic (exact) mass is 396 g/mol. The summed E-state index contributed by atoms with van der Waals surface area (Å²) in [6.07, 6.45) is -0.905. The van der Waals surface area contributed by atoms with E-state index in [1.807, 2.05) is 26.0 Å². The van der Waals surface area contributed by atoms with Crippen LogP contribution in [0.5, 0.6) is 0 Å². The highest BCUT2D eigenvalue weighted by Crippen LogP contribution is 2.24. The zero-order valence-electron chi connectivity index (χ0n) is 13.3. The maximum absolute atomic E-state index is 12.2. The number of nitrogens with zero attached hydrogens (tertiary/aromatic N) is 1. The van der Waals surface area contributed by atoms with E-state index in [2.05, 4.69) is 26.2 Å². The van der Waals surface area contributed by atoms with Gasteiger partial charge >= 0.3 is 5.97 Å². The van der Waals surface area contributed by atoms with Crippen LogP contribution >= 0.6 is 27.3 Å². The number of aryl methyl sites for hydroxylation is 3. The first-order chi connectivity index (χ1) is 10.8. The van der Waals surface area contributed by atoms with Crippen molar-refractivity contribution in [1.82, 2.24) is 4.98 Å². The van der Waals surface area contributed by atoms with Crippen LogP contribution in [0.2, 0.25) is 0 Å². The third kappa shape index (κ3) is 4.39. The first-order valence-electron chi connectivity index (χ1n) is 7.00. The fourth-order valence-corrected chi connectivity index (χ4v) is 3.34. The van der Waals surface area contributed by atoms with Gasteiger partial charge in [0.1, 0.15) is 4.88 Å². The number of carbonyl (C=O) groups excluding carboxylic acids is 2. The molecule has 0 unspecified atom stereocenters. The summed E-state index contributed by atoms with van der Waals surface area (Å²) >= 11 is 4.65. The minimum atomic E-state index is -0.905. The van der Waals surface area contributed by atoms with Crippen molar-refractivity contribution in [2.24, 2.45) is 0 Å². The summed E-state index contributed by atoms with van der Waals surface area (Å²) in [5, 5.41) is 3.53. The molecule has 0 aliphatic rings. The molecule has 1 N–H and O–H groups in total. The predicted octanol–water partition coefficient (Wildman–Crippen LogP) is 4.01. The number of hydrogen-bond donors (Lipinski definition) is 1. The van der Waals surface area contributed by atoms with Crippen LogP contribution in [0, 0.1) is 20.8 Å². The van der Waals surface area contributed by atoms with E-state index >= 15 is 0 Å². The third-order valence-electron chi connectivity index (χ3n) is 3.12. The summed E-state index contributed by atoms with van der Waals surface area (Å²) in [5.74, 6) is -0.916. The van der Waals surface area contributed by atoms with Crippen LogP contribution in [-0.2, 0) is 9.53 Å². The lowest BCUT2D eigenvalue weighted by molar-refractivity contribution is -0.123. The average Bonchev–Trinajstić information content (AvgIpc) is 2.80. The average molecular weight is 397 g/mol. The number of hydrogen-bond acceptors (Lipinski definition) is 5. The second-order valence-electron chi connectivity index (χ2n) is 5.17. The molecular formula is C16H17BrN2O3S. The zero-order chi connectivity index (χ0) is 17.1. The van der Waals surface area contributed by atoms with E-state index in [9.17, 15) is 9.59 Å². The molecule has 0 aliphatic heterocycles. The van der Waals surface area contributed by atoms with E-state index in [0.717, 1.165) is 15.0 Å². The Morgan fingerprint density at radius 1 is 1.30 bits per heavy atom. The summed E-state index contributed by atoms with van der Waals surface area (Å²) in [5.41, 5.74) is 2.32. The van der Waals surface area contributed by atoms with E-state index in [-0.39, 0.29) is 5.91 Å². The summed E-state index contributed by atoms with van der Waals surface area (Å²) in [7, 11) is 0. The van der Waals surface area contributed by atoms with E-state index < -0.39 is 12.1 Å². The first kappa shape index (κ1) is 17.6.